The standard InChI is InChI=1S/C13H14F14O2.C11H10F14O.C2H4O.BF3/c14-8(10(16,17)18,11(19,20)21)5-7(1-3-29-4-2-28)6-9(15,12(22,23)24)13(25,26)27;12-6(8(14,15)16,9(17,18)19)3-5(1-2-26)4-7(13,10(20,21)22)11(23,24)25;1-2-3-1;2-1(3)4/h7,28H,1-6H2;5,26H,1-4H2;1-2H2;. The highest BCUT2D eigenvalue weighted by Gasteiger charge is 2.77. The number of hydrogen-bond donors (Lipinski definition) is 2. The lowest BCUT2D eigenvalue weighted by molar-refractivity contribution is -0.358. The van der Waals surface area contributed by atoms with Crippen LogP contribution < -0.4 is 0 Å². The van der Waals surface area contributed by atoms with Crippen molar-refractivity contribution in [3.63, 3.8) is 0 Å². The van der Waals surface area contributed by atoms with Crippen LogP contribution in [0.3, 0.4) is 0 Å². The van der Waals surface area contributed by atoms with Crippen molar-refractivity contribution in [2.75, 3.05) is 39.6 Å². The van der Waals surface area contributed by atoms with E-state index in [0.29, 0.717) is 0 Å². The minimum absolute atomic E-state index is 0.634. The maximum atomic E-state index is 13.8. The van der Waals surface area contributed by atoms with Crippen LogP contribution in [0.4, 0.5) is 136 Å². The summed E-state index contributed by atoms with van der Waals surface area (Å²) in [6.07, 6.45) is -68.9. The van der Waals surface area contributed by atoms with E-state index < -0.39 is 156 Å². The molecule has 36 heteroatoms. The molecule has 0 aliphatic carbocycles. The summed E-state index contributed by atoms with van der Waals surface area (Å²) in [5.41, 5.74) is -24.8. The first kappa shape index (κ1) is 64.0. The van der Waals surface area contributed by atoms with Crippen LogP contribution in [-0.4, -0.2) is 129 Å². The van der Waals surface area contributed by atoms with Crippen LogP contribution in [0, 0.1) is 11.8 Å². The van der Waals surface area contributed by atoms with E-state index in [-0.39, 0.29) is 0 Å². The zero-order chi connectivity index (χ0) is 50.6. The molecule has 0 aromatic carbocycles. The van der Waals surface area contributed by atoms with Crippen LogP contribution in [0.1, 0.15) is 38.5 Å². The lowest BCUT2D eigenvalue weighted by Gasteiger charge is -2.37. The van der Waals surface area contributed by atoms with Gasteiger partial charge in [0.2, 0.25) is 0 Å². The van der Waals surface area contributed by atoms with E-state index in [2.05, 4.69) is 9.47 Å². The van der Waals surface area contributed by atoms with Crippen molar-refractivity contribution in [3.8, 4) is 0 Å². The molecule has 1 fully saturated rings. The quantitative estimate of drug-likeness (QED) is 0.0743. The van der Waals surface area contributed by atoms with Crippen LogP contribution in [0.25, 0.3) is 0 Å². The normalized spacial score (nSPS) is 15.3. The van der Waals surface area contributed by atoms with E-state index in [9.17, 15) is 136 Å². The fourth-order valence-electron chi connectivity index (χ4n) is 4.31. The molecule has 1 aliphatic rings. The van der Waals surface area contributed by atoms with E-state index in [1.807, 2.05) is 0 Å². The van der Waals surface area contributed by atoms with Gasteiger partial charge in [-0.05, 0) is 24.7 Å². The molecule has 376 valence electrons. The summed E-state index contributed by atoms with van der Waals surface area (Å²) in [6.45, 7) is -1.97. The van der Waals surface area contributed by atoms with Crippen molar-refractivity contribution < 1.29 is 156 Å². The Bertz CT molecular complexity index is 1100. The molecule has 0 radical (unpaired) electrons. The second kappa shape index (κ2) is 22.8. The predicted octanol–water partition coefficient (Wildman–Crippen LogP) is 11.8. The van der Waals surface area contributed by atoms with E-state index in [1.165, 1.54) is 0 Å². The van der Waals surface area contributed by atoms with E-state index >= 15 is 0 Å². The first-order valence-electron chi connectivity index (χ1n) is 15.6. The molecule has 1 heterocycles. The average molecular weight is 1000 g/mol. The van der Waals surface area contributed by atoms with E-state index in [1.54, 1.807) is 0 Å². The van der Waals surface area contributed by atoms with Crippen molar-refractivity contribution in [1.82, 2.24) is 0 Å². The number of epoxide rings is 1. The third-order valence-corrected chi connectivity index (χ3v) is 7.52. The lowest BCUT2D eigenvalue weighted by atomic mass is 9.81. The minimum atomic E-state index is -6.76. The fraction of sp³-hybridized carbons (Fsp3) is 1.00. The van der Waals surface area contributed by atoms with Gasteiger partial charge in [0, 0.05) is 38.9 Å². The average Bonchev–Trinajstić information content (AvgIpc) is 3.89. The van der Waals surface area contributed by atoms with Crippen molar-refractivity contribution in [3.05, 3.63) is 0 Å². The van der Waals surface area contributed by atoms with Crippen LogP contribution in [0.5, 0.6) is 0 Å². The summed E-state index contributed by atoms with van der Waals surface area (Å²) in [5, 5.41) is 16.9. The number of rotatable bonds is 15. The van der Waals surface area contributed by atoms with Gasteiger partial charge in [-0.15, -0.1) is 0 Å². The first-order valence-corrected chi connectivity index (χ1v) is 15.6. The van der Waals surface area contributed by atoms with Crippen LogP contribution in [-0.2, 0) is 9.47 Å². The number of aliphatic hydroxyl groups excluding tert-OH is 2. The molecule has 1 aliphatic heterocycles. The maximum absolute atomic E-state index is 13.8. The van der Waals surface area contributed by atoms with Crippen LogP contribution in [0.15, 0.2) is 0 Å². The fourth-order valence-corrected chi connectivity index (χ4v) is 4.31. The topological polar surface area (TPSA) is 62.2 Å². The molecule has 0 aromatic heterocycles. The minimum Gasteiger partial charge on any atom is -0.396 e. The number of aliphatic hydroxyl groups is 2. The number of hydrogen-bond acceptors (Lipinski definition) is 4. The molecule has 0 spiro atoms. The molecule has 1 rings (SSSR count). The second-order valence-electron chi connectivity index (χ2n) is 12.2. The number of alkyl halides is 28. The lowest BCUT2D eigenvalue weighted by Crippen LogP contribution is -2.57. The number of halogens is 31. The molecule has 0 bridgehead atoms. The molecule has 4 nitrogen and oxygen atoms in total. The molecule has 1 saturated heterocycles. The Morgan fingerprint density at radius 2 is 0.565 bits per heavy atom. The molecular formula is C26H28BF31O4. The summed E-state index contributed by atoms with van der Waals surface area (Å²) >= 11 is 0. The molecule has 0 amide bonds. The maximum Gasteiger partial charge on any atom is 0.762 e. The summed E-state index contributed by atoms with van der Waals surface area (Å²) in [4.78, 5) is 0. The highest BCUT2D eigenvalue weighted by Crippen LogP contribution is 2.56. The van der Waals surface area contributed by atoms with Crippen LogP contribution >= 0.6 is 0 Å². The van der Waals surface area contributed by atoms with E-state index in [0.717, 1.165) is 13.2 Å². The summed E-state index contributed by atoms with van der Waals surface area (Å²) in [6, 6.07) is 0. The van der Waals surface area contributed by atoms with Crippen molar-refractivity contribution in [2.24, 2.45) is 11.8 Å². The predicted molar refractivity (Wildman–Crippen MR) is 143 cm³/mol. The van der Waals surface area contributed by atoms with Gasteiger partial charge in [0.05, 0.1) is 26.4 Å². The second-order valence-corrected chi connectivity index (χ2v) is 12.2. The Labute approximate surface area is 326 Å². The number of ether oxygens (including phenoxy) is 2. The van der Waals surface area contributed by atoms with Crippen molar-refractivity contribution in [2.45, 2.75) is 111 Å². The zero-order valence-electron chi connectivity index (χ0n) is 29.6. The molecular weight excluding hydrogens is 976 g/mol. The highest BCUT2D eigenvalue weighted by atomic mass is 19.5. The third-order valence-electron chi connectivity index (χ3n) is 7.52. The zero-order valence-corrected chi connectivity index (χ0v) is 29.6. The van der Waals surface area contributed by atoms with Gasteiger partial charge in [0.15, 0.2) is 0 Å². The first-order chi connectivity index (χ1) is 27.0. The Kier molecular flexibility index (Phi) is 23.5. The van der Waals surface area contributed by atoms with Gasteiger partial charge in [-0.25, -0.2) is 17.6 Å². The Morgan fingerprint density at radius 3 is 0.710 bits per heavy atom. The van der Waals surface area contributed by atoms with Gasteiger partial charge in [-0.2, -0.15) is 105 Å². The molecule has 62 heavy (non-hydrogen) atoms. The van der Waals surface area contributed by atoms with Gasteiger partial charge >= 0.3 is 57.0 Å². The van der Waals surface area contributed by atoms with E-state index in [4.69, 9.17) is 10.2 Å². The van der Waals surface area contributed by atoms with Crippen molar-refractivity contribution >= 4 is 7.54 Å². The highest BCUT2D eigenvalue weighted by molar-refractivity contribution is 6.33. The monoisotopic (exact) mass is 1000 g/mol. The SMILES string of the molecule is C1CO1.FB(F)F.OCCC(CC(F)(C(F)(F)F)C(F)(F)F)CC(F)(C(F)(F)F)C(F)(F)F.OCCOCCC(CC(F)(C(F)(F)F)C(F)(F)F)CC(F)(C(F)(F)F)C(F)(F)F. The van der Waals surface area contributed by atoms with Gasteiger partial charge in [0.25, 0.3) is 22.7 Å². The molecule has 0 atom stereocenters. The summed E-state index contributed by atoms with van der Waals surface area (Å²) in [5.74, 6) is -6.14. The van der Waals surface area contributed by atoms with Crippen molar-refractivity contribution in [1.29, 1.82) is 0 Å². The Morgan fingerprint density at radius 1 is 0.371 bits per heavy atom. The Balaban J connectivity index is -0.000000971. The molecule has 2 N–H and O–H groups in total. The Hall–Kier alpha value is -2.27. The third kappa shape index (κ3) is 18.7. The van der Waals surface area contributed by atoms with Gasteiger partial charge < -0.3 is 19.7 Å². The molecule has 0 saturated carbocycles. The van der Waals surface area contributed by atoms with Crippen LogP contribution in [0.2, 0.25) is 0 Å². The van der Waals surface area contributed by atoms with Gasteiger partial charge in [-0.3, -0.25) is 12.9 Å². The molecule has 0 unspecified atom stereocenters. The van der Waals surface area contributed by atoms with Gasteiger partial charge in [0.1, 0.15) is 0 Å². The summed E-state index contributed by atoms with van der Waals surface area (Å²) < 4.78 is 393. The van der Waals surface area contributed by atoms with Gasteiger partial charge in [-0.1, -0.05) is 0 Å². The smallest absolute Gasteiger partial charge is 0.396 e. The molecule has 0 aromatic rings. The largest absolute Gasteiger partial charge is 0.762 e. The summed E-state index contributed by atoms with van der Waals surface area (Å²) in [7, 11) is -3.67.